The Balaban J connectivity index is 2.06. The first-order valence-corrected chi connectivity index (χ1v) is 6.24. The number of carbonyl (C=O) groups is 1. The Bertz CT molecular complexity index is 230. The minimum atomic E-state index is -1.09. The first-order valence-electron chi connectivity index (χ1n) is 5.08. The Labute approximate surface area is 97.8 Å². The minimum Gasteiger partial charge on any atom is -0.480 e. The third-order valence-corrected chi connectivity index (χ3v) is 3.49. The van der Waals surface area contributed by atoms with E-state index in [0.29, 0.717) is 24.3 Å². The Morgan fingerprint density at radius 3 is 2.75 bits per heavy atom. The molecular weight excluding hydrogens is 234 g/mol. The van der Waals surface area contributed by atoms with Gasteiger partial charge in [-0.05, 0) is 12.2 Å². The Morgan fingerprint density at radius 2 is 2.25 bits per heavy atom. The van der Waals surface area contributed by atoms with E-state index in [-0.39, 0.29) is 6.10 Å². The van der Waals surface area contributed by atoms with Crippen molar-refractivity contribution in [2.75, 3.05) is 11.5 Å². The van der Waals surface area contributed by atoms with Crippen LogP contribution in [-0.2, 0) is 9.53 Å². The lowest BCUT2D eigenvalue weighted by Crippen LogP contribution is -2.30. The van der Waals surface area contributed by atoms with E-state index in [9.17, 15) is 9.90 Å². The number of carboxylic acids is 1. The third-order valence-electron chi connectivity index (χ3n) is 2.36. The molecule has 0 radical (unpaired) electrons. The molecular formula is C9H17NO5S. The molecule has 7 heteroatoms. The zero-order valence-electron chi connectivity index (χ0n) is 8.78. The van der Waals surface area contributed by atoms with Gasteiger partial charge in [-0.2, -0.15) is 11.8 Å². The van der Waals surface area contributed by atoms with Crippen molar-refractivity contribution in [3.8, 4) is 0 Å². The van der Waals surface area contributed by atoms with Crippen LogP contribution in [0, 0.1) is 0 Å². The quantitative estimate of drug-likeness (QED) is 0.447. The molecule has 0 bridgehead atoms. The van der Waals surface area contributed by atoms with Crippen LogP contribution in [-0.4, -0.2) is 57.3 Å². The highest BCUT2D eigenvalue weighted by Crippen LogP contribution is 2.22. The van der Waals surface area contributed by atoms with Gasteiger partial charge in [0.1, 0.15) is 12.1 Å². The van der Waals surface area contributed by atoms with Gasteiger partial charge in [0.15, 0.2) is 6.29 Å². The monoisotopic (exact) mass is 251 g/mol. The van der Waals surface area contributed by atoms with Gasteiger partial charge in [0, 0.05) is 12.2 Å². The number of aliphatic hydroxyl groups excluding tert-OH is 2. The van der Waals surface area contributed by atoms with Crippen LogP contribution in [0.3, 0.4) is 0 Å². The van der Waals surface area contributed by atoms with E-state index in [1.54, 1.807) is 0 Å². The van der Waals surface area contributed by atoms with E-state index in [2.05, 4.69) is 0 Å². The van der Waals surface area contributed by atoms with Crippen LogP contribution in [0.2, 0.25) is 0 Å². The molecule has 1 unspecified atom stereocenters. The van der Waals surface area contributed by atoms with E-state index in [1.165, 1.54) is 11.8 Å². The van der Waals surface area contributed by atoms with Crippen molar-refractivity contribution in [1.82, 2.24) is 0 Å². The lowest BCUT2D eigenvalue weighted by atomic mass is 10.2. The first kappa shape index (κ1) is 13.7. The van der Waals surface area contributed by atoms with Crippen molar-refractivity contribution in [3.05, 3.63) is 0 Å². The molecule has 1 heterocycles. The standard InChI is InChI=1S/C9H17NO5S/c10-6(8(12)13)1-2-16-4-5-3-7(11)9(14)15-5/h5-7,9,11,14H,1-4,10H2,(H,12,13)/t5-,6?,7-,9+/m0/s1. The summed E-state index contributed by atoms with van der Waals surface area (Å²) in [6.45, 7) is 0. The Morgan fingerprint density at radius 1 is 1.56 bits per heavy atom. The van der Waals surface area contributed by atoms with E-state index in [0.717, 1.165) is 0 Å². The number of nitrogens with two attached hydrogens (primary N) is 1. The number of aliphatic carboxylic acids is 1. The normalized spacial score (nSPS) is 31.6. The van der Waals surface area contributed by atoms with E-state index < -0.39 is 24.4 Å². The summed E-state index contributed by atoms with van der Waals surface area (Å²) in [7, 11) is 0. The van der Waals surface area contributed by atoms with Crippen LogP contribution < -0.4 is 5.73 Å². The van der Waals surface area contributed by atoms with E-state index in [1.807, 2.05) is 0 Å². The summed E-state index contributed by atoms with van der Waals surface area (Å²) >= 11 is 1.51. The molecule has 16 heavy (non-hydrogen) atoms. The summed E-state index contributed by atoms with van der Waals surface area (Å²) < 4.78 is 5.07. The highest BCUT2D eigenvalue weighted by molar-refractivity contribution is 7.99. The summed E-state index contributed by atoms with van der Waals surface area (Å²) in [6, 6.07) is -0.826. The van der Waals surface area contributed by atoms with Crippen molar-refractivity contribution in [2.24, 2.45) is 5.73 Å². The topological polar surface area (TPSA) is 113 Å². The molecule has 6 nitrogen and oxygen atoms in total. The molecule has 1 rings (SSSR count). The summed E-state index contributed by atoms with van der Waals surface area (Å²) in [5, 5.41) is 26.8. The summed E-state index contributed by atoms with van der Waals surface area (Å²) in [6.07, 6.45) is -1.26. The van der Waals surface area contributed by atoms with Gasteiger partial charge in [-0.25, -0.2) is 0 Å². The van der Waals surface area contributed by atoms with Gasteiger partial charge in [0.2, 0.25) is 0 Å². The lowest BCUT2D eigenvalue weighted by Gasteiger charge is -2.10. The van der Waals surface area contributed by atoms with Gasteiger partial charge in [-0.3, -0.25) is 4.79 Å². The Kier molecular flexibility index (Phi) is 5.50. The van der Waals surface area contributed by atoms with Crippen LogP contribution in [0.25, 0.3) is 0 Å². The molecule has 0 amide bonds. The number of hydrogen-bond donors (Lipinski definition) is 4. The van der Waals surface area contributed by atoms with Crippen LogP contribution in [0.15, 0.2) is 0 Å². The molecule has 1 saturated heterocycles. The van der Waals surface area contributed by atoms with Crippen molar-refractivity contribution in [1.29, 1.82) is 0 Å². The first-order chi connectivity index (χ1) is 7.50. The van der Waals surface area contributed by atoms with Crippen molar-refractivity contribution in [3.63, 3.8) is 0 Å². The fraction of sp³-hybridized carbons (Fsp3) is 0.889. The van der Waals surface area contributed by atoms with Crippen LogP contribution in [0.4, 0.5) is 0 Å². The fourth-order valence-electron chi connectivity index (χ4n) is 1.39. The van der Waals surface area contributed by atoms with Gasteiger partial charge in [-0.1, -0.05) is 0 Å². The molecule has 1 fully saturated rings. The number of rotatable bonds is 6. The number of hydrogen-bond acceptors (Lipinski definition) is 6. The van der Waals surface area contributed by atoms with Crippen molar-refractivity contribution < 1.29 is 24.9 Å². The van der Waals surface area contributed by atoms with Gasteiger partial charge in [-0.15, -0.1) is 0 Å². The molecule has 0 aromatic heterocycles. The molecule has 1 aliphatic heterocycles. The SMILES string of the molecule is NC(CCSC[C@@H]1C[C@H](O)[C@H](O)O1)C(=O)O. The lowest BCUT2D eigenvalue weighted by molar-refractivity contribution is -0.138. The van der Waals surface area contributed by atoms with Gasteiger partial charge in [0.25, 0.3) is 0 Å². The molecule has 0 aliphatic carbocycles. The molecule has 0 saturated carbocycles. The number of aliphatic hydroxyl groups is 2. The number of ether oxygens (including phenoxy) is 1. The fourth-order valence-corrected chi connectivity index (χ4v) is 2.45. The van der Waals surface area contributed by atoms with Crippen LogP contribution in [0.5, 0.6) is 0 Å². The zero-order valence-corrected chi connectivity index (χ0v) is 9.60. The van der Waals surface area contributed by atoms with Crippen LogP contribution >= 0.6 is 11.8 Å². The second-order valence-corrected chi connectivity index (χ2v) is 4.91. The average Bonchev–Trinajstić information content (AvgIpc) is 2.53. The molecule has 94 valence electrons. The predicted octanol–water partition coefficient (Wildman–Crippen LogP) is -1.01. The van der Waals surface area contributed by atoms with Crippen molar-refractivity contribution in [2.45, 2.75) is 37.4 Å². The largest absolute Gasteiger partial charge is 0.480 e. The second-order valence-electron chi connectivity index (χ2n) is 3.76. The maximum absolute atomic E-state index is 10.4. The van der Waals surface area contributed by atoms with E-state index >= 15 is 0 Å². The molecule has 0 spiro atoms. The van der Waals surface area contributed by atoms with Gasteiger partial charge in [0.05, 0.1) is 6.10 Å². The maximum Gasteiger partial charge on any atom is 0.320 e. The predicted molar refractivity (Wildman–Crippen MR) is 59.1 cm³/mol. The molecule has 1 aliphatic rings. The zero-order chi connectivity index (χ0) is 12.1. The minimum absolute atomic E-state index is 0.170. The average molecular weight is 251 g/mol. The summed E-state index contributed by atoms with van der Waals surface area (Å²) in [5.74, 6) is 0.253. The van der Waals surface area contributed by atoms with Crippen molar-refractivity contribution >= 4 is 17.7 Å². The smallest absolute Gasteiger partial charge is 0.320 e. The van der Waals surface area contributed by atoms with Gasteiger partial charge < -0.3 is 25.8 Å². The molecule has 0 aromatic carbocycles. The maximum atomic E-state index is 10.4. The molecule has 4 atom stereocenters. The Hall–Kier alpha value is -0.340. The van der Waals surface area contributed by atoms with Crippen LogP contribution in [0.1, 0.15) is 12.8 Å². The van der Waals surface area contributed by atoms with E-state index in [4.69, 9.17) is 20.7 Å². The molecule has 0 aromatic rings. The highest BCUT2D eigenvalue weighted by atomic mass is 32.2. The number of thioether (sulfide) groups is 1. The number of carboxylic acid groups (broad SMARTS) is 1. The molecule has 5 N–H and O–H groups in total. The third kappa shape index (κ3) is 4.26. The summed E-state index contributed by atoms with van der Waals surface area (Å²) in [4.78, 5) is 10.4. The summed E-state index contributed by atoms with van der Waals surface area (Å²) in [5.41, 5.74) is 5.33. The van der Waals surface area contributed by atoms with Gasteiger partial charge >= 0.3 is 5.97 Å². The second kappa shape index (κ2) is 6.41. The highest BCUT2D eigenvalue weighted by Gasteiger charge is 2.31.